The Bertz CT molecular complexity index is 470. The molecule has 0 saturated carbocycles. The van der Waals surface area contributed by atoms with Gasteiger partial charge in [-0.05, 0) is 32.3 Å². The summed E-state index contributed by atoms with van der Waals surface area (Å²) in [5, 5.41) is 3.20. The number of carbonyl (C=O) groups excluding carboxylic acids is 1. The number of methoxy groups -OCH3 is 1. The highest BCUT2D eigenvalue weighted by atomic mass is 16.5. The van der Waals surface area contributed by atoms with Gasteiger partial charge in [-0.25, -0.2) is 0 Å². The predicted octanol–water partition coefficient (Wildman–Crippen LogP) is 2.09. The van der Waals surface area contributed by atoms with Crippen molar-refractivity contribution in [3.05, 3.63) is 18.2 Å². The summed E-state index contributed by atoms with van der Waals surface area (Å²) in [6.45, 7) is 3.61. The largest absolute Gasteiger partial charge is 0.497 e. The van der Waals surface area contributed by atoms with Gasteiger partial charge >= 0.3 is 0 Å². The van der Waals surface area contributed by atoms with Crippen LogP contribution >= 0.6 is 0 Å². The van der Waals surface area contributed by atoms with Gasteiger partial charge in [0.05, 0.1) is 7.11 Å². The maximum Gasteiger partial charge on any atom is 0.244 e. The van der Waals surface area contributed by atoms with E-state index in [1.165, 1.54) is 6.42 Å². The minimum absolute atomic E-state index is 0.145. The summed E-state index contributed by atoms with van der Waals surface area (Å²) in [4.78, 5) is 14.3. The molecule has 0 radical (unpaired) electrons. The molecule has 1 aromatic carbocycles. The number of benzene rings is 1. The van der Waals surface area contributed by atoms with Gasteiger partial charge in [-0.2, -0.15) is 0 Å². The fraction of sp³-hybridized carbons (Fsp3) is 0.533. The summed E-state index contributed by atoms with van der Waals surface area (Å²) in [7, 11) is 1.60. The van der Waals surface area contributed by atoms with Gasteiger partial charge in [-0.1, -0.05) is 0 Å². The summed E-state index contributed by atoms with van der Waals surface area (Å²) < 4.78 is 5.18. The Kier molecular flexibility index (Phi) is 4.71. The number of rotatable bonds is 4. The van der Waals surface area contributed by atoms with Crippen molar-refractivity contribution in [2.75, 3.05) is 31.2 Å². The lowest BCUT2D eigenvalue weighted by molar-refractivity contribution is -0.132. The Morgan fingerprint density at radius 2 is 2.00 bits per heavy atom. The lowest BCUT2D eigenvalue weighted by atomic mass is 10.1. The van der Waals surface area contributed by atoms with E-state index in [-0.39, 0.29) is 11.9 Å². The number of nitrogens with two attached hydrogens (primary N) is 1. The first-order chi connectivity index (χ1) is 9.60. The molecule has 0 aliphatic carbocycles. The van der Waals surface area contributed by atoms with Crippen LogP contribution < -0.4 is 15.8 Å². The molecule has 1 aromatic rings. The smallest absolute Gasteiger partial charge is 0.244 e. The highest BCUT2D eigenvalue weighted by molar-refractivity contribution is 5.84. The zero-order chi connectivity index (χ0) is 14.5. The number of nitrogen functional groups attached to an aromatic ring is 1. The average molecular weight is 277 g/mol. The molecule has 1 unspecified atom stereocenters. The SMILES string of the molecule is COc1cc(N)cc(NC(C)C(=O)N2CCCCC2)c1. The van der Waals surface area contributed by atoms with Crippen molar-refractivity contribution in [2.45, 2.75) is 32.2 Å². The molecular weight excluding hydrogens is 254 g/mol. The van der Waals surface area contributed by atoms with Gasteiger partial charge in [0, 0.05) is 36.6 Å². The van der Waals surface area contributed by atoms with Crippen LogP contribution in [0, 0.1) is 0 Å². The molecule has 1 aliphatic rings. The number of nitrogens with zero attached hydrogens (tertiary/aromatic N) is 1. The maximum atomic E-state index is 12.3. The minimum atomic E-state index is -0.264. The van der Waals surface area contributed by atoms with Crippen molar-refractivity contribution in [1.82, 2.24) is 4.90 Å². The van der Waals surface area contributed by atoms with Crippen LogP contribution in [0.1, 0.15) is 26.2 Å². The molecule has 20 heavy (non-hydrogen) atoms. The van der Waals surface area contributed by atoms with Gasteiger partial charge in [-0.15, -0.1) is 0 Å². The van der Waals surface area contributed by atoms with E-state index < -0.39 is 0 Å². The first-order valence-corrected chi connectivity index (χ1v) is 7.10. The summed E-state index contributed by atoms with van der Waals surface area (Å²) >= 11 is 0. The summed E-state index contributed by atoms with van der Waals surface area (Å²) in [6.07, 6.45) is 3.42. The molecule has 1 heterocycles. The second-order valence-corrected chi connectivity index (χ2v) is 5.25. The molecule has 2 rings (SSSR count). The first-order valence-electron chi connectivity index (χ1n) is 7.10. The number of anilines is 2. The van der Waals surface area contributed by atoms with E-state index in [9.17, 15) is 4.79 Å². The molecule has 0 aromatic heterocycles. The molecule has 5 nitrogen and oxygen atoms in total. The Balaban J connectivity index is 2.01. The number of hydrogen-bond donors (Lipinski definition) is 2. The third-order valence-corrected chi connectivity index (χ3v) is 3.59. The predicted molar refractivity (Wildman–Crippen MR) is 80.9 cm³/mol. The van der Waals surface area contributed by atoms with Crippen LogP contribution in [0.15, 0.2) is 18.2 Å². The Morgan fingerprint density at radius 1 is 1.30 bits per heavy atom. The number of piperidine rings is 1. The second-order valence-electron chi connectivity index (χ2n) is 5.25. The zero-order valence-corrected chi connectivity index (χ0v) is 12.2. The molecule has 0 bridgehead atoms. The molecule has 0 spiro atoms. The maximum absolute atomic E-state index is 12.3. The number of amides is 1. The van der Waals surface area contributed by atoms with Crippen LogP contribution in [0.25, 0.3) is 0 Å². The van der Waals surface area contributed by atoms with Crippen molar-refractivity contribution < 1.29 is 9.53 Å². The van der Waals surface area contributed by atoms with E-state index in [0.717, 1.165) is 31.6 Å². The van der Waals surface area contributed by atoms with Gasteiger partial charge in [-0.3, -0.25) is 4.79 Å². The highest BCUT2D eigenvalue weighted by Gasteiger charge is 2.22. The fourth-order valence-corrected chi connectivity index (χ4v) is 2.52. The zero-order valence-electron chi connectivity index (χ0n) is 12.2. The Hall–Kier alpha value is -1.91. The van der Waals surface area contributed by atoms with E-state index in [1.54, 1.807) is 13.2 Å². The van der Waals surface area contributed by atoms with Gasteiger partial charge in [0.1, 0.15) is 11.8 Å². The molecule has 1 atom stereocenters. The first kappa shape index (κ1) is 14.5. The van der Waals surface area contributed by atoms with Gasteiger partial charge in [0.15, 0.2) is 0 Å². The standard InChI is InChI=1S/C15H23N3O2/c1-11(15(19)18-6-4-3-5-7-18)17-13-8-12(16)9-14(10-13)20-2/h8-11,17H,3-7,16H2,1-2H3. The Labute approximate surface area is 120 Å². The van der Waals surface area contributed by atoms with Crippen molar-refractivity contribution in [2.24, 2.45) is 0 Å². The van der Waals surface area contributed by atoms with Crippen LogP contribution in [0.3, 0.4) is 0 Å². The number of hydrogen-bond acceptors (Lipinski definition) is 4. The van der Waals surface area contributed by atoms with Gasteiger partial charge < -0.3 is 20.7 Å². The van der Waals surface area contributed by atoms with E-state index in [2.05, 4.69) is 5.32 Å². The van der Waals surface area contributed by atoms with Crippen molar-refractivity contribution in [1.29, 1.82) is 0 Å². The molecule has 110 valence electrons. The molecule has 1 amide bonds. The molecule has 1 aliphatic heterocycles. The summed E-state index contributed by atoms with van der Waals surface area (Å²) in [5.74, 6) is 0.830. The average Bonchev–Trinajstić information content (AvgIpc) is 2.46. The minimum Gasteiger partial charge on any atom is -0.497 e. The van der Waals surface area contributed by atoms with E-state index >= 15 is 0 Å². The normalized spacial score (nSPS) is 16.6. The van der Waals surface area contributed by atoms with Gasteiger partial charge in [0.25, 0.3) is 0 Å². The van der Waals surface area contributed by atoms with Crippen molar-refractivity contribution in [3.8, 4) is 5.75 Å². The lowest BCUT2D eigenvalue weighted by Gasteiger charge is -2.29. The van der Waals surface area contributed by atoms with Crippen molar-refractivity contribution in [3.63, 3.8) is 0 Å². The van der Waals surface area contributed by atoms with Crippen LogP contribution in [-0.4, -0.2) is 37.0 Å². The second kappa shape index (κ2) is 6.50. The highest BCUT2D eigenvalue weighted by Crippen LogP contribution is 2.23. The van der Waals surface area contributed by atoms with E-state index in [0.29, 0.717) is 11.4 Å². The van der Waals surface area contributed by atoms with Crippen LogP contribution in [0.2, 0.25) is 0 Å². The summed E-state index contributed by atoms with van der Waals surface area (Å²) in [6, 6.07) is 5.14. The van der Waals surface area contributed by atoms with E-state index in [1.807, 2.05) is 24.0 Å². The van der Waals surface area contributed by atoms with Crippen LogP contribution in [0.5, 0.6) is 5.75 Å². The summed E-state index contributed by atoms with van der Waals surface area (Å²) in [5.41, 5.74) is 7.23. The number of ether oxygens (including phenoxy) is 1. The van der Waals surface area contributed by atoms with E-state index in [4.69, 9.17) is 10.5 Å². The quantitative estimate of drug-likeness (QED) is 0.827. The fourth-order valence-electron chi connectivity index (χ4n) is 2.52. The molecule has 1 saturated heterocycles. The van der Waals surface area contributed by atoms with Gasteiger partial charge in [0.2, 0.25) is 5.91 Å². The molecule has 1 fully saturated rings. The topological polar surface area (TPSA) is 67.6 Å². The third-order valence-electron chi connectivity index (χ3n) is 3.59. The molecule has 5 heteroatoms. The number of likely N-dealkylation sites (tertiary alicyclic amines) is 1. The number of nitrogens with one attached hydrogen (secondary N) is 1. The van der Waals surface area contributed by atoms with Crippen LogP contribution in [-0.2, 0) is 4.79 Å². The Morgan fingerprint density at radius 3 is 2.65 bits per heavy atom. The third kappa shape index (κ3) is 3.56. The lowest BCUT2D eigenvalue weighted by Crippen LogP contribution is -2.43. The molecular formula is C15H23N3O2. The van der Waals surface area contributed by atoms with Crippen LogP contribution in [0.4, 0.5) is 11.4 Å². The van der Waals surface area contributed by atoms with Crippen molar-refractivity contribution >= 4 is 17.3 Å². The monoisotopic (exact) mass is 277 g/mol. The number of carbonyl (C=O) groups is 1. The molecule has 3 N–H and O–H groups in total.